The predicted molar refractivity (Wildman–Crippen MR) is 85.3 cm³/mol. The second kappa shape index (κ2) is 8.35. The van der Waals surface area contributed by atoms with Gasteiger partial charge in [-0.05, 0) is 49.5 Å². The third kappa shape index (κ3) is 4.97. The van der Waals surface area contributed by atoms with Crippen molar-refractivity contribution < 1.29 is 9.18 Å². The van der Waals surface area contributed by atoms with Gasteiger partial charge in [-0.25, -0.2) is 4.39 Å². The topological polar surface area (TPSA) is 32.3 Å². The summed E-state index contributed by atoms with van der Waals surface area (Å²) in [4.78, 5) is 14.2. The Morgan fingerprint density at radius 1 is 1.43 bits per heavy atom. The summed E-state index contributed by atoms with van der Waals surface area (Å²) in [6.45, 7) is 3.92. The lowest BCUT2D eigenvalue weighted by Gasteiger charge is -2.32. The van der Waals surface area contributed by atoms with E-state index in [-0.39, 0.29) is 30.0 Å². The number of hydrogen-bond acceptors (Lipinski definition) is 2. The Morgan fingerprint density at radius 2 is 2.10 bits per heavy atom. The number of carbonyl (C=O) groups is 1. The van der Waals surface area contributed by atoms with Crippen molar-refractivity contribution in [2.24, 2.45) is 0 Å². The van der Waals surface area contributed by atoms with Crippen LogP contribution < -0.4 is 5.32 Å². The van der Waals surface area contributed by atoms with Crippen molar-refractivity contribution >= 4 is 18.3 Å². The van der Waals surface area contributed by atoms with Crippen molar-refractivity contribution in [2.75, 3.05) is 20.1 Å². The molecule has 21 heavy (non-hydrogen) atoms. The van der Waals surface area contributed by atoms with Gasteiger partial charge in [-0.2, -0.15) is 0 Å². The van der Waals surface area contributed by atoms with Gasteiger partial charge in [0.15, 0.2) is 0 Å². The summed E-state index contributed by atoms with van der Waals surface area (Å²) in [5.74, 6) is -0.0514. The highest BCUT2D eigenvalue weighted by Gasteiger charge is 2.23. The first-order valence-corrected chi connectivity index (χ1v) is 7.29. The zero-order chi connectivity index (χ0) is 14.5. The Balaban J connectivity index is 0.00000220. The first-order chi connectivity index (χ1) is 9.58. The molecule has 0 spiro atoms. The molecule has 118 valence electrons. The van der Waals surface area contributed by atoms with E-state index in [1.807, 2.05) is 24.9 Å². The maximum absolute atomic E-state index is 13.2. The van der Waals surface area contributed by atoms with Crippen LogP contribution in [-0.4, -0.2) is 37.0 Å². The van der Waals surface area contributed by atoms with Crippen molar-refractivity contribution in [1.29, 1.82) is 0 Å². The zero-order valence-electron chi connectivity index (χ0n) is 12.6. The number of halogens is 2. The van der Waals surface area contributed by atoms with Crippen LogP contribution in [-0.2, 0) is 4.79 Å². The number of rotatable bonds is 4. The molecule has 0 bridgehead atoms. The van der Waals surface area contributed by atoms with Crippen molar-refractivity contribution in [1.82, 2.24) is 10.2 Å². The van der Waals surface area contributed by atoms with E-state index in [1.54, 1.807) is 6.07 Å². The summed E-state index contributed by atoms with van der Waals surface area (Å²) < 4.78 is 13.2. The Bertz CT molecular complexity index is 463. The Kier molecular flexibility index (Phi) is 7.12. The number of hydrogen-bond donors (Lipinski definition) is 1. The fourth-order valence-corrected chi connectivity index (χ4v) is 2.73. The van der Waals surface area contributed by atoms with Gasteiger partial charge in [0, 0.05) is 19.5 Å². The van der Waals surface area contributed by atoms with Gasteiger partial charge < -0.3 is 10.2 Å². The molecule has 1 fully saturated rings. The normalized spacial score (nSPS) is 16.9. The van der Waals surface area contributed by atoms with E-state index in [0.29, 0.717) is 12.5 Å². The van der Waals surface area contributed by atoms with Crippen molar-refractivity contribution in [2.45, 2.75) is 38.1 Å². The monoisotopic (exact) mass is 314 g/mol. The minimum atomic E-state index is -0.242. The average molecular weight is 315 g/mol. The quantitative estimate of drug-likeness (QED) is 0.926. The van der Waals surface area contributed by atoms with Crippen LogP contribution in [0.4, 0.5) is 4.39 Å². The Hall–Kier alpha value is -1.13. The minimum absolute atomic E-state index is 0. The van der Waals surface area contributed by atoms with Crippen molar-refractivity contribution in [3.05, 3.63) is 35.6 Å². The highest BCUT2D eigenvalue weighted by atomic mass is 35.5. The number of nitrogens with one attached hydrogen (secondary N) is 1. The predicted octanol–water partition coefficient (Wildman–Crippen LogP) is 2.95. The summed E-state index contributed by atoms with van der Waals surface area (Å²) in [6.07, 6.45) is 2.46. The molecule has 1 amide bonds. The summed E-state index contributed by atoms with van der Waals surface area (Å²) in [5, 5.41) is 3.30. The molecule has 1 aromatic rings. The van der Waals surface area contributed by atoms with Crippen LogP contribution in [0.3, 0.4) is 0 Å². The van der Waals surface area contributed by atoms with Gasteiger partial charge in [-0.1, -0.05) is 19.1 Å². The fourth-order valence-electron chi connectivity index (χ4n) is 2.73. The van der Waals surface area contributed by atoms with Crippen molar-refractivity contribution in [3.63, 3.8) is 0 Å². The van der Waals surface area contributed by atoms with E-state index in [1.165, 1.54) is 12.1 Å². The van der Waals surface area contributed by atoms with E-state index in [9.17, 15) is 9.18 Å². The van der Waals surface area contributed by atoms with Crippen LogP contribution in [0.1, 0.15) is 37.7 Å². The molecular formula is C16H24ClFN2O. The van der Waals surface area contributed by atoms with Crippen LogP contribution in [0.15, 0.2) is 24.3 Å². The summed E-state index contributed by atoms with van der Waals surface area (Å²) >= 11 is 0. The molecule has 1 aliphatic rings. The SMILES string of the molecule is CC(CC(=O)N(C)C1CCNCC1)c1cccc(F)c1.Cl. The number of piperidine rings is 1. The number of carbonyl (C=O) groups excluding carboxylic acids is 1. The molecule has 1 aliphatic heterocycles. The molecule has 1 atom stereocenters. The van der Waals surface area contributed by atoms with Crippen LogP contribution in [0.2, 0.25) is 0 Å². The fraction of sp³-hybridized carbons (Fsp3) is 0.562. The van der Waals surface area contributed by atoms with Gasteiger partial charge in [-0.15, -0.1) is 12.4 Å². The zero-order valence-corrected chi connectivity index (χ0v) is 13.5. The summed E-state index contributed by atoms with van der Waals surface area (Å²) in [5.41, 5.74) is 0.886. The smallest absolute Gasteiger partial charge is 0.223 e. The molecule has 0 aromatic heterocycles. The standard InChI is InChI=1S/C16H23FN2O.ClH/c1-12(13-4-3-5-14(17)11-13)10-16(20)19(2)15-6-8-18-9-7-15;/h3-5,11-12,15,18H,6-10H2,1-2H3;1H. The van der Waals surface area contributed by atoms with Gasteiger partial charge in [0.2, 0.25) is 5.91 Å². The molecule has 1 saturated heterocycles. The largest absolute Gasteiger partial charge is 0.343 e. The maximum atomic E-state index is 13.2. The van der Waals surface area contributed by atoms with Gasteiger partial charge in [0.25, 0.3) is 0 Å². The first kappa shape index (κ1) is 17.9. The third-order valence-electron chi connectivity index (χ3n) is 4.15. The highest BCUT2D eigenvalue weighted by molar-refractivity contribution is 5.85. The molecule has 3 nitrogen and oxygen atoms in total. The first-order valence-electron chi connectivity index (χ1n) is 7.29. The van der Waals surface area contributed by atoms with Gasteiger partial charge in [-0.3, -0.25) is 4.79 Å². The van der Waals surface area contributed by atoms with Gasteiger partial charge >= 0.3 is 0 Å². The average Bonchev–Trinajstić information content (AvgIpc) is 2.47. The van der Waals surface area contributed by atoms with Crippen LogP contribution >= 0.6 is 12.4 Å². The number of amides is 1. The molecule has 1 aromatic carbocycles. The second-order valence-corrected chi connectivity index (χ2v) is 5.65. The molecule has 0 saturated carbocycles. The van der Waals surface area contributed by atoms with Crippen LogP contribution in [0, 0.1) is 5.82 Å². The maximum Gasteiger partial charge on any atom is 0.223 e. The lowest BCUT2D eigenvalue weighted by atomic mass is 9.96. The number of nitrogens with zero attached hydrogens (tertiary/aromatic N) is 1. The van der Waals surface area contributed by atoms with E-state index < -0.39 is 0 Å². The minimum Gasteiger partial charge on any atom is -0.343 e. The molecule has 0 aliphatic carbocycles. The van der Waals surface area contributed by atoms with E-state index >= 15 is 0 Å². The van der Waals surface area contributed by atoms with E-state index in [2.05, 4.69) is 5.32 Å². The lowest BCUT2D eigenvalue weighted by molar-refractivity contribution is -0.132. The Labute approximate surface area is 132 Å². The molecule has 5 heteroatoms. The van der Waals surface area contributed by atoms with Crippen molar-refractivity contribution in [3.8, 4) is 0 Å². The molecule has 1 heterocycles. The summed E-state index contributed by atoms with van der Waals surface area (Å²) in [7, 11) is 1.89. The molecular weight excluding hydrogens is 291 g/mol. The molecule has 1 N–H and O–H groups in total. The molecule has 0 radical (unpaired) electrons. The Morgan fingerprint density at radius 3 is 2.71 bits per heavy atom. The number of benzene rings is 1. The lowest BCUT2D eigenvalue weighted by Crippen LogP contribution is -2.44. The van der Waals surface area contributed by atoms with E-state index in [4.69, 9.17) is 0 Å². The second-order valence-electron chi connectivity index (χ2n) is 5.65. The highest BCUT2D eigenvalue weighted by Crippen LogP contribution is 2.22. The van der Waals surface area contributed by atoms with Gasteiger partial charge in [0.1, 0.15) is 5.82 Å². The summed E-state index contributed by atoms with van der Waals surface area (Å²) in [6, 6.07) is 6.86. The molecule has 1 unspecified atom stereocenters. The van der Waals surface area contributed by atoms with Crippen LogP contribution in [0.5, 0.6) is 0 Å². The molecule has 2 rings (SSSR count). The van der Waals surface area contributed by atoms with E-state index in [0.717, 1.165) is 31.5 Å². The van der Waals surface area contributed by atoms with Crippen LogP contribution in [0.25, 0.3) is 0 Å². The third-order valence-corrected chi connectivity index (χ3v) is 4.15. The van der Waals surface area contributed by atoms with Gasteiger partial charge in [0.05, 0.1) is 0 Å².